The van der Waals surface area contributed by atoms with Crippen molar-refractivity contribution in [2.75, 3.05) is 0 Å². The van der Waals surface area contributed by atoms with Crippen molar-refractivity contribution in [3.63, 3.8) is 0 Å². The lowest BCUT2D eigenvalue weighted by Gasteiger charge is -2.01. The summed E-state index contributed by atoms with van der Waals surface area (Å²) in [7, 11) is 0. The molecule has 3 aromatic rings. The van der Waals surface area contributed by atoms with Crippen molar-refractivity contribution in [3.8, 4) is 0 Å². The van der Waals surface area contributed by atoms with Gasteiger partial charge in [0.05, 0.1) is 0 Å². The van der Waals surface area contributed by atoms with Gasteiger partial charge in [-0.15, -0.1) is 0 Å². The van der Waals surface area contributed by atoms with Crippen molar-refractivity contribution >= 4 is 70.7 Å². The highest BCUT2D eigenvalue weighted by atomic mass is 35.5. The van der Waals surface area contributed by atoms with Gasteiger partial charge in [0, 0.05) is 20.1 Å². The van der Waals surface area contributed by atoms with Crippen LogP contribution in [0.1, 0.15) is 22.3 Å². The molecule has 130 valence electrons. The smallest absolute Gasteiger partial charge is 0.0493 e. The van der Waals surface area contributed by atoms with Crippen molar-refractivity contribution in [3.05, 3.63) is 103 Å². The predicted molar refractivity (Wildman–Crippen MR) is 117 cm³/mol. The molecule has 0 nitrogen and oxygen atoms in total. The van der Waals surface area contributed by atoms with Crippen LogP contribution in [0.3, 0.4) is 0 Å². The minimum atomic E-state index is 0.629. The van der Waals surface area contributed by atoms with Gasteiger partial charge in [-0.2, -0.15) is 0 Å². The van der Waals surface area contributed by atoms with Gasteiger partial charge in [-0.25, -0.2) is 0 Å². The van der Waals surface area contributed by atoms with Gasteiger partial charge in [-0.1, -0.05) is 107 Å². The lowest BCUT2D eigenvalue weighted by Crippen LogP contribution is -1.78. The van der Waals surface area contributed by atoms with E-state index in [-0.39, 0.29) is 0 Å². The molecule has 0 spiro atoms. The monoisotopic (exact) mass is 418 g/mol. The van der Waals surface area contributed by atoms with Crippen LogP contribution < -0.4 is 0 Å². The third-order valence-electron chi connectivity index (χ3n) is 3.77. The zero-order chi connectivity index (χ0) is 18.5. The molecule has 0 saturated carbocycles. The van der Waals surface area contributed by atoms with Crippen molar-refractivity contribution in [2.24, 2.45) is 0 Å². The maximum absolute atomic E-state index is 6.18. The first-order chi connectivity index (χ1) is 12.5. The molecule has 3 aromatic carbocycles. The van der Waals surface area contributed by atoms with Crippen molar-refractivity contribution in [2.45, 2.75) is 0 Å². The van der Waals surface area contributed by atoms with E-state index in [1.165, 1.54) is 0 Å². The summed E-state index contributed by atoms with van der Waals surface area (Å²) in [4.78, 5) is 0. The van der Waals surface area contributed by atoms with E-state index in [4.69, 9.17) is 46.4 Å². The van der Waals surface area contributed by atoms with E-state index in [9.17, 15) is 0 Å². The van der Waals surface area contributed by atoms with Crippen LogP contribution in [0.2, 0.25) is 20.1 Å². The molecule has 0 bridgehead atoms. The summed E-state index contributed by atoms with van der Waals surface area (Å²) in [6, 6.07) is 19.1. The minimum absolute atomic E-state index is 0.629. The average Bonchev–Trinajstić information content (AvgIpc) is 2.61. The maximum atomic E-state index is 6.18. The summed E-state index contributed by atoms with van der Waals surface area (Å²) in [6.07, 6.45) is 7.96. The number of rotatable bonds is 4. The standard InChI is InChI=1S/C22H14Cl4/c23-19-11-9-17(21(25)13-19)7-5-15-1-2-16(4-3-15)6-8-18-10-12-20(24)14-22(18)26/h1-14H/b7-5+,8-6+. The van der Waals surface area contributed by atoms with Crippen LogP contribution in [-0.2, 0) is 0 Å². The normalized spacial score (nSPS) is 11.5. The summed E-state index contributed by atoms with van der Waals surface area (Å²) in [5, 5.41) is 2.52. The van der Waals surface area contributed by atoms with Gasteiger partial charge >= 0.3 is 0 Å². The fraction of sp³-hybridized carbons (Fsp3) is 0. The molecular weight excluding hydrogens is 406 g/mol. The second-order valence-corrected chi connectivity index (χ2v) is 7.35. The first kappa shape index (κ1) is 19.1. The molecule has 0 amide bonds. The van der Waals surface area contributed by atoms with Gasteiger partial charge in [0.15, 0.2) is 0 Å². The van der Waals surface area contributed by atoms with E-state index in [0.29, 0.717) is 20.1 Å². The lowest BCUT2D eigenvalue weighted by atomic mass is 10.1. The Morgan fingerprint density at radius 2 is 0.846 bits per heavy atom. The van der Waals surface area contributed by atoms with E-state index in [1.54, 1.807) is 12.1 Å². The Hall–Kier alpha value is -1.70. The predicted octanol–water partition coefficient (Wildman–Crippen LogP) is 8.64. The number of benzene rings is 3. The maximum Gasteiger partial charge on any atom is 0.0493 e. The fourth-order valence-electron chi connectivity index (χ4n) is 2.36. The Labute approximate surface area is 173 Å². The Morgan fingerprint density at radius 1 is 0.462 bits per heavy atom. The number of hydrogen-bond donors (Lipinski definition) is 0. The Balaban J connectivity index is 1.72. The van der Waals surface area contributed by atoms with Crippen LogP contribution in [-0.4, -0.2) is 0 Å². The fourth-order valence-corrected chi connectivity index (χ4v) is 3.31. The molecule has 0 unspecified atom stereocenters. The van der Waals surface area contributed by atoms with Gasteiger partial charge < -0.3 is 0 Å². The third kappa shape index (κ3) is 5.16. The average molecular weight is 420 g/mol. The third-order valence-corrected chi connectivity index (χ3v) is 4.90. The summed E-state index contributed by atoms with van der Waals surface area (Å²) in [5.74, 6) is 0. The lowest BCUT2D eigenvalue weighted by molar-refractivity contribution is 1.61. The van der Waals surface area contributed by atoms with Crippen LogP contribution in [0, 0.1) is 0 Å². The van der Waals surface area contributed by atoms with Gasteiger partial charge in [0.25, 0.3) is 0 Å². The molecule has 4 heteroatoms. The van der Waals surface area contributed by atoms with Crippen molar-refractivity contribution in [1.29, 1.82) is 0 Å². The largest absolute Gasteiger partial charge is 0.0843 e. The van der Waals surface area contributed by atoms with Gasteiger partial charge in [-0.3, -0.25) is 0 Å². The van der Waals surface area contributed by atoms with Crippen molar-refractivity contribution < 1.29 is 0 Å². The van der Waals surface area contributed by atoms with Crippen LogP contribution in [0.5, 0.6) is 0 Å². The van der Waals surface area contributed by atoms with Crippen LogP contribution in [0.4, 0.5) is 0 Å². The molecule has 0 aliphatic carbocycles. The molecule has 0 heterocycles. The van der Waals surface area contributed by atoms with E-state index in [0.717, 1.165) is 22.3 Å². The zero-order valence-corrected chi connectivity index (χ0v) is 16.6. The molecule has 0 fully saturated rings. The molecule has 0 atom stereocenters. The molecular formula is C22H14Cl4. The first-order valence-corrected chi connectivity index (χ1v) is 9.39. The molecule has 0 N–H and O–H groups in total. The highest BCUT2D eigenvalue weighted by Gasteiger charge is 1.99. The summed E-state index contributed by atoms with van der Waals surface area (Å²) in [5.41, 5.74) is 4.02. The van der Waals surface area contributed by atoms with Crippen LogP contribution in [0.25, 0.3) is 24.3 Å². The highest BCUT2D eigenvalue weighted by molar-refractivity contribution is 6.36. The van der Waals surface area contributed by atoms with E-state index in [1.807, 2.05) is 72.8 Å². The van der Waals surface area contributed by atoms with Gasteiger partial charge in [0.1, 0.15) is 0 Å². The molecule has 0 saturated heterocycles. The molecule has 0 aliphatic heterocycles. The second-order valence-electron chi connectivity index (χ2n) is 5.67. The summed E-state index contributed by atoms with van der Waals surface area (Å²) in [6.45, 7) is 0. The van der Waals surface area contributed by atoms with E-state index < -0.39 is 0 Å². The summed E-state index contributed by atoms with van der Waals surface area (Å²) >= 11 is 24.2. The Kier molecular flexibility index (Phi) is 6.45. The van der Waals surface area contributed by atoms with Crippen LogP contribution in [0.15, 0.2) is 60.7 Å². The van der Waals surface area contributed by atoms with Gasteiger partial charge in [-0.05, 0) is 46.5 Å². The van der Waals surface area contributed by atoms with Gasteiger partial charge in [0.2, 0.25) is 0 Å². The van der Waals surface area contributed by atoms with E-state index in [2.05, 4.69) is 0 Å². The zero-order valence-electron chi connectivity index (χ0n) is 13.6. The SMILES string of the molecule is Clc1ccc(/C=C/c2ccc(/C=C/c3ccc(Cl)cc3Cl)cc2)c(Cl)c1. The minimum Gasteiger partial charge on any atom is -0.0843 e. The second kappa shape index (κ2) is 8.79. The Bertz CT molecular complexity index is 889. The number of hydrogen-bond acceptors (Lipinski definition) is 0. The first-order valence-electron chi connectivity index (χ1n) is 7.87. The molecule has 3 rings (SSSR count). The van der Waals surface area contributed by atoms with E-state index >= 15 is 0 Å². The van der Waals surface area contributed by atoms with Crippen LogP contribution >= 0.6 is 46.4 Å². The topological polar surface area (TPSA) is 0 Å². The quantitative estimate of drug-likeness (QED) is 0.371. The molecule has 0 aromatic heterocycles. The molecule has 0 aliphatic rings. The molecule has 0 radical (unpaired) electrons. The highest BCUT2D eigenvalue weighted by Crippen LogP contribution is 2.24. The van der Waals surface area contributed by atoms with Crippen molar-refractivity contribution in [1.82, 2.24) is 0 Å². The number of halogens is 4. The Morgan fingerprint density at radius 3 is 1.19 bits per heavy atom. The summed E-state index contributed by atoms with van der Waals surface area (Å²) < 4.78 is 0. The molecule has 26 heavy (non-hydrogen) atoms.